The summed E-state index contributed by atoms with van der Waals surface area (Å²) in [5.41, 5.74) is 1.35. The molecule has 0 radical (unpaired) electrons. The number of nitrogens with one attached hydrogen (secondary N) is 1. The highest BCUT2D eigenvalue weighted by atomic mass is 32.2. The summed E-state index contributed by atoms with van der Waals surface area (Å²) in [6.07, 6.45) is 3.20. The third kappa shape index (κ3) is 2.34. The van der Waals surface area contributed by atoms with E-state index in [1.165, 1.54) is 0 Å². The topological polar surface area (TPSA) is 62.8 Å². The van der Waals surface area contributed by atoms with E-state index in [0.717, 1.165) is 12.1 Å². The molecule has 3 aromatic rings. The first kappa shape index (κ1) is 13.8. The van der Waals surface area contributed by atoms with Crippen LogP contribution in [0.4, 0.5) is 0 Å². The maximum absolute atomic E-state index is 13.0. The molecule has 0 aliphatic carbocycles. The van der Waals surface area contributed by atoms with E-state index in [0.29, 0.717) is 27.2 Å². The van der Waals surface area contributed by atoms with Crippen LogP contribution in [0.5, 0.6) is 0 Å². The molecule has 21 heavy (non-hydrogen) atoms. The zero-order valence-electron chi connectivity index (χ0n) is 11.7. The maximum Gasteiger partial charge on any atom is 0.209 e. The normalized spacial score (nSPS) is 11.9. The first-order valence-electron chi connectivity index (χ1n) is 6.90. The number of benzene rings is 1. The molecule has 0 amide bonds. The zero-order valence-corrected chi connectivity index (χ0v) is 12.5. The van der Waals surface area contributed by atoms with Gasteiger partial charge in [0, 0.05) is 17.3 Å². The molecule has 0 unspecified atom stereocenters. The fourth-order valence-corrected chi connectivity index (χ4v) is 4.18. The van der Waals surface area contributed by atoms with Gasteiger partial charge in [0.25, 0.3) is 0 Å². The summed E-state index contributed by atoms with van der Waals surface area (Å²) in [5.74, 6) is 0. The molecule has 0 bridgehead atoms. The number of hydrogen-bond donors (Lipinski definition) is 1. The molecule has 0 saturated heterocycles. The monoisotopic (exact) mass is 300 g/mol. The summed E-state index contributed by atoms with van der Waals surface area (Å²) in [5, 5.41) is 0.657. The lowest BCUT2D eigenvalue weighted by Crippen LogP contribution is -2.04. The van der Waals surface area contributed by atoms with Crippen LogP contribution >= 0.6 is 0 Å². The molecule has 108 valence electrons. The van der Waals surface area contributed by atoms with Crippen LogP contribution in [0, 0.1) is 0 Å². The van der Waals surface area contributed by atoms with E-state index >= 15 is 0 Å². The number of pyridine rings is 1. The average molecular weight is 300 g/mol. The number of fused-ring (bicyclic) bond motifs is 1. The molecule has 5 heteroatoms. The van der Waals surface area contributed by atoms with E-state index in [9.17, 15) is 8.42 Å². The fourth-order valence-electron chi connectivity index (χ4n) is 2.50. The highest BCUT2D eigenvalue weighted by Crippen LogP contribution is 2.31. The van der Waals surface area contributed by atoms with Crippen LogP contribution in [0.3, 0.4) is 0 Å². The molecule has 1 N–H and O–H groups in total. The Morgan fingerprint density at radius 2 is 1.86 bits per heavy atom. The van der Waals surface area contributed by atoms with Gasteiger partial charge in [-0.1, -0.05) is 31.5 Å². The van der Waals surface area contributed by atoms with Gasteiger partial charge in [-0.3, -0.25) is 0 Å². The molecule has 2 aromatic heterocycles. The van der Waals surface area contributed by atoms with Crippen LogP contribution in [0.15, 0.2) is 58.5 Å². The Labute approximate surface area is 123 Å². The SMILES string of the molecule is CCCc1[nH]c2ncccc2c1S(=O)(=O)c1ccccc1. The van der Waals surface area contributed by atoms with E-state index in [-0.39, 0.29) is 0 Å². The molecule has 1 aromatic carbocycles. The Morgan fingerprint density at radius 3 is 2.57 bits per heavy atom. The Balaban J connectivity index is 2.30. The van der Waals surface area contributed by atoms with Crippen molar-refractivity contribution in [3.05, 3.63) is 54.4 Å². The highest BCUT2D eigenvalue weighted by Gasteiger charge is 2.25. The maximum atomic E-state index is 13.0. The third-order valence-electron chi connectivity index (χ3n) is 3.42. The van der Waals surface area contributed by atoms with Crippen molar-refractivity contribution in [1.29, 1.82) is 0 Å². The second-order valence-corrected chi connectivity index (χ2v) is 6.79. The summed E-state index contributed by atoms with van der Waals surface area (Å²) >= 11 is 0. The molecule has 0 aliphatic heterocycles. The number of aryl methyl sites for hydroxylation is 1. The number of aromatic amines is 1. The van der Waals surface area contributed by atoms with E-state index in [4.69, 9.17) is 0 Å². The van der Waals surface area contributed by atoms with Gasteiger partial charge < -0.3 is 4.98 Å². The minimum absolute atomic E-state index is 0.312. The quantitative estimate of drug-likeness (QED) is 0.803. The van der Waals surface area contributed by atoms with Crippen molar-refractivity contribution in [2.24, 2.45) is 0 Å². The van der Waals surface area contributed by atoms with Crippen LogP contribution in [0.1, 0.15) is 19.0 Å². The second-order valence-electron chi connectivity index (χ2n) is 4.90. The zero-order chi connectivity index (χ0) is 14.9. The van der Waals surface area contributed by atoms with Crippen LogP contribution < -0.4 is 0 Å². The molecule has 4 nitrogen and oxygen atoms in total. The summed E-state index contributed by atoms with van der Waals surface area (Å²) in [4.78, 5) is 8.05. The molecular formula is C16H16N2O2S. The molecular weight excluding hydrogens is 284 g/mol. The smallest absolute Gasteiger partial charge is 0.209 e. The van der Waals surface area contributed by atoms with Crippen molar-refractivity contribution in [2.75, 3.05) is 0 Å². The van der Waals surface area contributed by atoms with Gasteiger partial charge in [-0.25, -0.2) is 13.4 Å². The fraction of sp³-hybridized carbons (Fsp3) is 0.188. The molecule has 2 heterocycles. The average Bonchev–Trinajstić information content (AvgIpc) is 2.87. The lowest BCUT2D eigenvalue weighted by molar-refractivity contribution is 0.595. The summed E-state index contributed by atoms with van der Waals surface area (Å²) in [7, 11) is -3.55. The lowest BCUT2D eigenvalue weighted by Gasteiger charge is -2.06. The van der Waals surface area contributed by atoms with E-state index in [1.807, 2.05) is 13.0 Å². The lowest BCUT2D eigenvalue weighted by atomic mass is 10.2. The predicted octanol–water partition coefficient (Wildman–Crippen LogP) is 3.35. The minimum atomic E-state index is -3.55. The van der Waals surface area contributed by atoms with Gasteiger partial charge in [-0.15, -0.1) is 0 Å². The number of sulfone groups is 1. The van der Waals surface area contributed by atoms with Gasteiger partial charge in [0.1, 0.15) is 10.5 Å². The Hall–Kier alpha value is -2.14. The van der Waals surface area contributed by atoms with Gasteiger partial charge in [0.2, 0.25) is 9.84 Å². The van der Waals surface area contributed by atoms with Crippen molar-refractivity contribution in [3.63, 3.8) is 0 Å². The van der Waals surface area contributed by atoms with Crippen molar-refractivity contribution in [3.8, 4) is 0 Å². The molecule has 0 fully saturated rings. The van der Waals surface area contributed by atoms with E-state index < -0.39 is 9.84 Å². The molecule has 3 rings (SSSR count). The van der Waals surface area contributed by atoms with Crippen molar-refractivity contribution in [1.82, 2.24) is 9.97 Å². The van der Waals surface area contributed by atoms with Gasteiger partial charge in [-0.05, 0) is 30.7 Å². The van der Waals surface area contributed by atoms with Gasteiger partial charge in [0.05, 0.1) is 4.90 Å². The third-order valence-corrected chi connectivity index (χ3v) is 5.31. The Morgan fingerprint density at radius 1 is 1.10 bits per heavy atom. The Kier molecular flexibility index (Phi) is 3.51. The number of H-pyrrole nitrogens is 1. The first-order chi connectivity index (χ1) is 10.1. The number of rotatable bonds is 4. The number of hydrogen-bond acceptors (Lipinski definition) is 3. The number of aromatic nitrogens is 2. The van der Waals surface area contributed by atoms with Crippen molar-refractivity contribution in [2.45, 2.75) is 29.6 Å². The standard InChI is InChI=1S/C16H16N2O2S/c1-2-7-14-15(13-10-6-11-17-16(13)18-14)21(19,20)12-8-4-3-5-9-12/h3-6,8-11H,2,7H2,1H3,(H,17,18). The summed E-state index contributed by atoms with van der Waals surface area (Å²) in [6.45, 7) is 2.03. The van der Waals surface area contributed by atoms with Crippen molar-refractivity contribution < 1.29 is 8.42 Å². The Bertz CT molecular complexity index is 868. The largest absolute Gasteiger partial charge is 0.342 e. The minimum Gasteiger partial charge on any atom is -0.342 e. The molecule has 0 spiro atoms. The van der Waals surface area contributed by atoms with Crippen LogP contribution in [0.2, 0.25) is 0 Å². The van der Waals surface area contributed by atoms with Gasteiger partial charge >= 0.3 is 0 Å². The van der Waals surface area contributed by atoms with Crippen LogP contribution in [-0.2, 0) is 16.3 Å². The second kappa shape index (κ2) is 5.33. The van der Waals surface area contributed by atoms with E-state index in [2.05, 4.69) is 9.97 Å². The van der Waals surface area contributed by atoms with Gasteiger partial charge in [-0.2, -0.15) is 0 Å². The molecule has 0 saturated carbocycles. The summed E-state index contributed by atoms with van der Waals surface area (Å²) in [6, 6.07) is 12.1. The first-order valence-corrected chi connectivity index (χ1v) is 8.38. The summed E-state index contributed by atoms with van der Waals surface area (Å²) < 4.78 is 25.9. The van der Waals surface area contributed by atoms with Crippen molar-refractivity contribution >= 4 is 20.9 Å². The van der Waals surface area contributed by atoms with Gasteiger partial charge in [0.15, 0.2) is 0 Å². The predicted molar refractivity (Wildman–Crippen MR) is 82.0 cm³/mol. The molecule has 0 aliphatic rings. The van der Waals surface area contributed by atoms with Crippen LogP contribution in [-0.4, -0.2) is 18.4 Å². The number of nitrogens with zero attached hydrogens (tertiary/aromatic N) is 1. The highest BCUT2D eigenvalue weighted by molar-refractivity contribution is 7.91. The van der Waals surface area contributed by atoms with Crippen LogP contribution in [0.25, 0.3) is 11.0 Å². The van der Waals surface area contributed by atoms with E-state index in [1.54, 1.807) is 42.6 Å². The molecule has 0 atom stereocenters.